The van der Waals surface area contributed by atoms with Gasteiger partial charge in [-0.25, -0.2) is 0 Å². The average molecular weight is 240 g/mol. The molecule has 1 N–H and O–H groups in total. The second-order valence-electron chi connectivity index (χ2n) is 4.47. The molecule has 0 amide bonds. The molecule has 17 heavy (non-hydrogen) atoms. The van der Waals surface area contributed by atoms with Crippen LogP contribution in [0.25, 0.3) is 0 Å². The summed E-state index contributed by atoms with van der Waals surface area (Å²) in [4.78, 5) is 2.12. The zero-order valence-electron chi connectivity index (χ0n) is 11.3. The smallest absolute Gasteiger partial charge is 0.0593 e. The summed E-state index contributed by atoms with van der Waals surface area (Å²) in [5.41, 5.74) is 1.19. The fourth-order valence-corrected chi connectivity index (χ4v) is 1.61. The van der Waals surface area contributed by atoms with Crippen molar-refractivity contribution in [2.75, 3.05) is 40.4 Å². The summed E-state index contributed by atoms with van der Waals surface area (Å²) in [6.45, 7) is 5.50. The van der Waals surface area contributed by atoms with Gasteiger partial charge in [-0.05, 0) is 27.1 Å². The van der Waals surface area contributed by atoms with Gasteiger partial charge < -0.3 is 15.0 Å². The topological polar surface area (TPSA) is 42.3 Å². The molecule has 0 aliphatic rings. The number of hydrogen-bond donors (Lipinski definition) is 1. The van der Waals surface area contributed by atoms with E-state index >= 15 is 0 Å². The number of likely N-dealkylation sites (N-methyl/N-ethyl adjacent to an activating group) is 1. The molecule has 5 heteroatoms. The number of aromatic nitrogens is 2. The number of aryl methyl sites for hydroxylation is 1. The molecule has 0 saturated heterocycles. The van der Waals surface area contributed by atoms with Crippen LogP contribution in [0.5, 0.6) is 0 Å². The lowest BCUT2D eigenvalue weighted by atomic mass is 10.2. The molecule has 5 nitrogen and oxygen atoms in total. The Morgan fingerprint density at radius 2 is 2.24 bits per heavy atom. The Morgan fingerprint density at radius 3 is 2.82 bits per heavy atom. The van der Waals surface area contributed by atoms with Crippen LogP contribution in [0.4, 0.5) is 0 Å². The van der Waals surface area contributed by atoms with Gasteiger partial charge in [0.25, 0.3) is 0 Å². The average Bonchev–Trinajstić information content (AvgIpc) is 2.69. The van der Waals surface area contributed by atoms with Crippen LogP contribution >= 0.6 is 0 Å². The minimum absolute atomic E-state index is 0.306. The maximum atomic E-state index is 5.52. The first-order valence-electron chi connectivity index (χ1n) is 6.05. The summed E-state index contributed by atoms with van der Waals surface area (Å²) in [6, 6.07) is 2.34. The fraction of sp³-hybridized carbons (Fsp3) is 0.750. The van der Waals surface area contributed by atoms with Gasteiger partial charge in [-0.2, -0.15) is 5.10 Å². The number of rotatable bonds is 8. The van der Waals surface area contributed by atoms with Crippen LogP contribution in [0.2, 0.25) is 0 Å². The monoisotopic (exact) mass is 240 g/mol. The maximum absolute atomic E-state index is 5.52. The van der Waals surface area contributed by atoms with E-state index in [0.717, 1.165) is 26.3 Å². The van der Waals surface area contributed by atoms with Crippen molar-refractivity contribution in [3.05, 3.63) is 18.0 Å². The lowest BCUT2D eigenvalue weighted by Crippen LogP contribution is -2.26. The van der Waals surface area contributed by atoms with Gasteiger partial charge >= 0.3 is 0 Å². The molecular formula is C12H24N4O. The molecule has 0 aliphatic heterocycles. The molecule has 0 bridgehead atoms. The summed E-state index contributed by atoms with van der Waals surface area (Å²) in [6.07, 6.45) is 1.82. The van der Waals surface area contributed by atoms with Crippen molar-refractivity contribution in [3.8, 4) is 0 Å². The fourth-order valence-electron chi connectivity index (χ4n) is 1.61. The number of ether oxygens (including phenoxy) is 1. The van der Waals surface area contributed by atoms with Gasteiger partial charge in [-0.3, -0.25) is 4.68 Å². The van der Waals surface area contributed by atoms with Crippen molar-refractivity contribution in [2.24, 2.45) is 7.05 Å². The molecule has 0 saturated carbocycles. The third-order valence-electron chi connectivity index (χ3n) is 2.68. The molecule has 98 valence electrons. The zero-order chi connectivity index (χ0) is 12.7. The third-order valence-corrected chi connectivity index (χ3v) is 2.68. The van der Waals surface area contributed by atoms with Crippen molar-refractivity contribution < 1.29 is 4.74 Å². The molecule has 1 aromatic heterocycles. The number of nitrogens with one attached hydrogen (secondary N) is 1. The van der Waals surface area contributed by atoms with Gasteiger partial charge in [0, 0.05) is 32.4 Å². The summed E-state index contributed by atoms with van der Waals surface area (Å²) < 4.78 is 7.41. The Kier molecular flexibility index (Phi) is 6.18. The van der Waals surface area contributed by atoms with Gasteiger partial charge in [-0.15, -0.1) is 0 Å². The molecular weight excluding hydrogens is 216 g/mol. The highest BCUT2D eigenvalue weighted by Crippen LogP contribution is 2.09. The minimum atomic E-state index is 0.306. The zero-order valence-corrected chi connectivity index (χ0v) is 11.3. The molecule has 0 fully saturated rings. The van der Waals surface area contributed by atoms with E-state index in [1.807, 2.05) is 38.1 Å². The van der Waals surface area contributed by atoms with Gasteiger partial charge in [-0.1, -0.05) is 0 Å². The van der Waals surface area contributed by atoms with E-state index in [1.165, 1.54) is 5.69 Å². The van der Waals surface area contributed by atoms with Crippen molar-refractivity contribution in [3.63, 3.8) is 0 Å². The maximum Gasteiger partial charge on any atom is 0.0593 e. The lowest BCUT2D eigenvalue weighted by Gasteiger charge is -2.14. The van der Waals surface area contributed by atoms with E-state index in [2.05, 4.69) is 22.2 Å². The van der Waals surface area contributed by atoms with Crippen LogP contribution in [0.3, 0.4) is 0 Å². The molecule has 1 unspecified atom stereocenters. The van der Waals surface area contributed by atoms with Gasteiger partial charge in [0.1, 0.15) is 0 Å². The van der Waals surface area contributed by atoms with E-state index in [9.17, 15) is 0 Å². The van der Waals surface area contributed by atoms with Crippen LogP contribution in [0, 0.1) is 0 Å². The van der Waals surface area contributed by atoms with E-state index in [1.54, 1.807) is 0 Å². The Balaban J connectivity index is 2.09. The number of hydrogen-bond acceptors (Lipinski definition) is 4. The van der Waals surface area contributed by atoms with Gasteiger partial charge in [0.2, 0.25) is 0 Å². The minimum Gasteiger partial charge on any atom is -0.379 e. The van der Waals surface area contributed by atoms with Crippen LogP contribution in [-0.4, -0.2) is 55.1 Å². The second-order valence-corrected chi connectivity index (χ2v) is 4.47. The molecule has 1 aromatic rings. The van der Waals surface area contributed by atoms with E-state index in [4.69, 9.17) is 4.74 Å². The first kappa shape index (κ1) is 14.2. The summed E-state index contributed by atoms with van der Waals surface area (Å²) in [5, 5.41) is 7.57. The van der Waals surface area contributed by atoms with Crippen LogP contribution < -0.4 is 5.32 Å². The lowest BCUT2D eigenvalue weighted by molar-refractivity contribution is 0.117. The second kappa shape index (κ2) is 7.42. The quantitative estimate of drug-likeness (QED) is 0.678. The highest BCUT2D eigenvalue weighted by molar-refractivity contribution is 5.04. The molecule has 0 aromatic carbocycles. The normalized spacial score (nSPS) is 13.2. The Morgan fingerprint density at radius 1 is 1.47 bits per heavy atom. The largest absolute Gasteiger partial charge is 0.379 e. The first-order chi connectivity index (χ1) is 8.11. The molecule has 0 spiro atoms. The Bertz CT molecular complexity index is 311. The molecule has 1 heterocycles. The van der Waals surface area contributed by atoms with Crippen LogP contribution in [0.15, 0.2) is 12.3 Å². The van der Waals surface area contributed by atoms with Crippen molar-refractivity contribution >= 4 is 0 Å². The van der Waals surface area contributed by atoms with E-state index < -0.39 is 0 Å². The van der Waals surface area contributed by atoms with Crippen LogP contribution in [-0.2, 0) is 11.8 Å². The standard InChI is InChI=1S/C12H24N4O/c1-11(12-5-6-14-16(12)4)13-7-9-17-10-8-15(2)3/h5-6,11,13H,7-10H2,1-4H3. The first-order valence-corrected chi connectivity index (χ1v) is 6.05. The van der Waals surface area contributed by atoms with E-state index in [-0.39, 0.29) is 0 Å². The van der Waals surface area contributed by atoms with Gasteiger partial charge in [0.05, 0.1) is 18.9 Å². The predicted molar refractivity (Wildman–Crippen MR) is 69.0 cm³/mol. The predicted octanol–water partition coefficient (Wildman–Crippen LogP) is 0.649. The molecule has 0 aliphatic carbocycles. The third kappa shape index (κ3) is 5.30. The Labute approximate surface area is 104 Å². The van der Waals surface area contributed by atoms with Crippen LogP contribution in [0.1, 0.15) is 18.7 Å². The SMILES string of the molecule is CC(NCCOCCN(C)C)c1ccnn1C. The van der Waals surface area contributed by atoms with Crippen molar-refractivity contribution in [1.29, 1.82) is 0 Å². The highest BCUT2D eigenvalue weighted by atomic mass is 16.5. The Hall–Kier alpha value is -0.910. The van der Waals surface area contributed by atoms with E-state index in [0.29, 0.717) is 6.04 Å². The molecule has 1 atom stereocenters. The number of nitrogens with zero attached hydrogens (tertiary/aromatic N) is 3. The summed E-state index contributed by atoms with van der Waals surface area (Å²) in [7, 11) is 6.05. The highest BCUT2D eigenvalue weighted by Gasteiger charge is 2.07. The molecule has 1 rings (SSSR count). The van der Waals surface area contributed by atoms with Crippen molar-refractivity contribution in [2.45, 2.75) is 13.0 Å². The summed E-state index contributed by atoms with van der Waals surface area (Å²) >= 11 is 0. The van der Waals surface area contributed by atoms with Crippen molar-refractivity contribution in [1.82, 2.24) is 20.0 Å². The summed E-state index contributed by atoms with van der Waals surface area (Å²) in [5.74, 6) is 0. The molecule has 0 radical (unpaired) electrons. The van der Waals surface area contributed by atoms with Gasteiger partial charge in [0.15, 0.2) is 0 Å².